The Kier molecular flexibility index (Phi) is 9.45. The first-order valence-corrected chi connectivity index (χ1v) is 13.8. The molecular formula is C25H36O6Si. The first-order chi connectivity index (χ1) is 15.1. The average molecular weight is 461 g/mol. The molecule has 0 saturated heterocycles. The predicted molar refractivity (Wildman–Crippen MR) is 129 cm³/mol. The SMILES string of the molecule is COCO[C@H]1\C=C/C=C/C=C/c2cccc(O[Si](C)(C)C(C)(C)C)c2C(=O)O[C@H]1CCO. The van der Waals surface area contributed by atoms with Crippen molar-refractivity contribution in [2.45, 2.75) is 57.5 Å². The van der Waals surface area contributed by atoms with E-state index in [2.05, 4.69) is 33.9 Å². The molecule has 0 fully saturated rings. The van der Waals surface area contributed by atoms with E-state index >= 15 is 0 Å². The van der Waals surface area contributed by atoms with E-state index in [1.807, 2.05) is 48.6 Å². The largest absolute Gasteiger partial charge is 0.543 e. The summed E-state index contributed by atoms with van der Waals surface area (Å²) in [7, 11) is -0.680. The number of allylic oxidation sites excluding steroid dienone is 4. The lowest BCUT2D eigenvalue weighted by Crippen LogP contribution is -2.44. The number of fused-ring (bicyclic) bond motifs is 1. The number of carbonyl (C=O) groups excluding carboxylic acids is 1. The molecule has 2 rings (SSSR count). The molecular weight excluding hydrogens is 424 g/mol. The predicted octanol–water partition coefficient (Wildman–Crippen LogP) is 5.11. The van der Waals surface area contributed by atoms with Gasteiger partial charge in [-0.1, -0.05) is 69.4 Å². The number of benzene rings is 1. The molecule has 0 spiro atoms. The minimum atomic E-state index is -2.21. The van der Waals surface area contributed by atoms with Crippen molar-refractivity contribution in [2.75, 3.05) is 20.5 Å². The van der Waals surface area contributed by atoms with Gasteiger partial charge in [-0.05, 0) is 29.8 Å². The van der Waals surface area contributed by atoms with E-state index in [9.17, 15) is 9.90 Å². The van der Waals surface area contributed by atoms with Crippen LogP contribution in [0.1, 0.15) is 43.1 Å². The van der Waals surface area contributed by atoms with Crippen LogP contribution >= 0.6 is 0 Å². The molecule has 1 heterocycles. The second kappa shape index (κ2) is 11.6. The third-order valence-corrected chi connectivity index (χ3v) is 10.1. The quantitative estimate of drug-likeness (QED) is 0.346. The molecule has 1 aliphatic heterocycles. The Balaban J connectivity index is 2.53. The summed E-state index contributed by atoms with van der Waals surface area (Å²) in [6.07, 6.45) is 10.0. The van der Waals surface area contributed by atoms with Gasteiger partial charge in [0.2, 0.25) is 0 Å². The molecule has 0 bridgehead atoms. The summed E-state index contributed by atoms with van der Waals surface area (Å²) in [5, 5.41) is 9.55. The van der Waals surface area contributed by atoms with Crippen molar-refractivity contribution in [3.8, 4) is 5.75 Å². The van der Waals surface area contributed by atoms with Gasteiger partial charge in [0.15, 0.2) is 0 Å². The third-order valence-electron chi connectivity index (χ3n) is 5.76. The van der Waals surface area contributed by atoms with E-state index in [4.69, 9.17) is 18.6 Å². The van der Waals surface area contributed by atoms with Crippen molar-refractivity contribution in [3.63, 3.8) is 0 Å². The van der Waals surface area contributed by atoms with Gasteiger partial charge in [-0.3, -0.25) is 0 Å². The van der Waals surface area contributed by atoms with Gasteiger partial charge in [0, 0.05) is 20.1 Å². The average Bonchev–Trinajstić information content (AvgIpc) is 2.70. The molecule has 0 saturated carbocycles. The Morgan fingerprint density at radius 3 is 2.50 bits per heavy atom. The monoisotopic (exact) mass is 460 g/mol. The third kappa shape index (κ3) is 6.90. The number of ether oxygens (including phenoxy) is 3. The molecule has 0 unspecified atom stereocenters. The number of aliphatic hydroxyl groups excluding tert-OH is 1. The standard InChI is InChI=1S/C25H36O6Si/c1-25(2,3)32(5,6)31-22-15-11-13-19-12-9-7-8-10-14-20(29-18-28-4)21(16-17-26)30-24(27)23(19)22/h7-15,20-21,26H,16-18H2,1-6H3/b8-7+,12-9+,14-10-/t20-,21-/m0/s1. The van der Waals surface area contributed by atoms with Crippen LogP contribution in [-0.4, -0.2) is 52.1 Å². The minimum Gasteiger partial charge on any atom is -0.543 e. The lowest BCUT2D eigenvalue weighted by Gasteiger charge is -2.37. The molecule has 0 amide bonds. The van der Waals surface area contributed by atoms with Crippen LogP contribution < -0.4 is 4.43 Å². The maximum Gasteiger partial charge on any atom is 0.342 e. The summed E-state index contributed by atoms with van der Waals surface area (Å²) in [4.78, 5) is 13.5. The Bertz CT molecular complexity index is 850. The normalized spacial score (nSPS) is 22.7. The highest BCUT2D eigenvalue weighted by Gasteiger charge is 2.40. The fourth-order valence-electron chi connectivity index (χ4n) is 2.93. The molecule has 2 atom stereocenters. The van der Waals surface area contributed by atoms with E-state index in [1.165, 1.54) is 7.11 Å². The fraction of sp³-hybridized carbons (Fsp3) is 0.480. The van der Waals surface area contributed by atoms with Crippen molar-refractivity contribution in [2.24, 2.45) is 0 Å². The van der Waals surface area contributed by atoms with Crippen LogP contribution in [-0.2, 0) is 14.2 Å². The smallest absolute Gasteiger partial charge is 0.342 e. The van der Waals surface area contributed by atoms with Gasteiger partial charge in [0.05, 0.1) is 0 Å². The van der Waals surface area contributed by atoms with E-state index in [0.29, 0.717) is 16.9 Å². The topological polar surface area (TPSA) is 74.2 Å². The van der Waals surface area contributed by atoms with Crippen molar-refractivity contribution in [1.82, 2.24) is 0 Å². The van der Waals surface area contributed by atoms with E-state index in [-0.39, 0.29) is 24.9 Å². The number of cyclic esters (lactones) is 1. The van der Waals surface area contributed by atoms with E-state index in [1.54, 1.807) is 6.08 Å². The maximum absolute atomic E-state index is 13.5. The summed E-state index contributed by atoms with van der Waals surface area (Å²) >= 11 is 0. The highest BCUT2D eigenvalue weighted by atomic mass is 28.4. The Hall–Kier alpha value is -2.19. The number of rotatable bonds is 7. The van der Waals surface area contributed by atoms with Gasteiger partial charge in [0.25, 0.3) is 8.32 Å². The molecule has 176 valence electrons. The van der Waals surface area contributed by atoms with Crippen molar-refractivity contribution in [1.29, 1.82) is 0 Å². The molecule has 1 aliphatic rings. The molecule has 0 radical (unpaired) electrons. The van der Waals surface area contributed by atoms with Crippen LogP contribution in [0.25, 0.3) is 6.08 Å². The fourth-order valence-corrected chi connectivity index (χ4v) is 3.95. The van der Waals surface area contributed by atoms with E-state index < -0.39 is 26.5 Å². The Morgan fingerprint density at radius 1 is 1.12 bits per heavy atom. The first-order valence-electron chi connectivity index (χ1n) is 10.9. The van der Waals surface area contributed by atoms with Gasteiger partial charge < -0.3 is 23.7 Å². The lowest BCUT2D eigenvalue weighted by molar-refractivity contribution is -0.101. The highest BCUT2D eigenvalue weighted by molar-refractivity contribution is 6.74. The molecule has 0 aromatic heterocycles. The Labute approximate surface area is 192 Å². The summed E-state index contributed by atoms with van der Waals surface area (Å²) in [6.45, 7) is 10.6. The Morgan fingerprint density at radius 2 is 1.84 bits per heavy atom. The van der Waals surface area contributed by atoms with Crippen LogP contribution in [0.15, 0.2) is 48.6 Å². The van der Waals surface area contributed by atoms with Crippen molar-refractivity contribution in [3.05, 3.63) is 59.7 Å². The zero-order chi connectivity index (χ0) is 23.8. The minimum absolute atomic E-state index is 0.0348. The molecule has 1 aromatic carbocycles. The number of hydrogen-bond acceptors (Lipinski definition) is 6. The molecule has 32 heavy (non-hydrogen) atoms. The van der Waals surface area contributed by atoms with Crippen LogP contribution in [0.2, 0.25) is 18.1 Å². The second-order valence-electron chi connectivity index (χ2n) is 9.21. The maximum atomic E-state index is 13.5. The number of carbonyl (C=O) groups is 1. The van der Waals surface area contributed by atoms with Gasteiger partial charge in [-0.15, -0.1) is 0 Å². The summed E-state index contributed by atoms with van der Waals surface area (Å²) < 4.78 is 23.2. The molecule has 1 aromatic rings. The molecule has 0 aliphatic carbocycles. The first kappa shape index (κ1) is 26.1. The summed E-state index contributed by atoms with van der Waals surface area (Å²) in [6, 6.07) is 5.56. The van der Waals surface area contributed by atoms with Gasteiger partial charge in [-0.25, -0.2) is 4.79 Å². The summed E-state index contributed by atoms with van der Waals surface area (Å²) in [5.41, 5.74) is 1.08. The highest BCUT2D eigenvalue weighted by Crippen LogP contribution is 2.39. The lowest BCUT2D eigenvalue weighted by atomic mass is 10.0. The number of methoxy groups -OCH3 is 1. The number of aliphatic hydroxyl groups is 1. The number of esters is 1. The zero-order valence-electron chi connectivity index (χ0n) is 20.0. The van der Waals surface area contributed by atoms with Crippen molar-refractivity contribution < 1.29 is 28.5 Å². The van der Waals surface area contributed by atoms with Gasteiger partial charge in [-0.2, -0.15) is 0 Å². The van der Waals surface area contributed by atoms with Crippen LogP contribution in [0.5, 0.6) is 5.75 Å². The van der Waals surface area contributed by atoms with Crippen molar-refractivity contribution >= 4 is 20.4 Å². The second-order valence-corrected chi connectivity index (χ2v) is 13.9. The molecule has 6 nitrogen and oxygen atoms in total. The van der Waals surface area contributed by atoms with Crippen LogP contribution in [0.3, 0.4) is 0 Å². The summed E-state index contributed by atoms with van der Waals surface area (Å²) in [5.74, 6) is -0.00110. The zero-order valence-corrected chi connectivity index (χ0v) is 21.0. The van der Waals surface area contributed by atoms with Crippen LogP contribution in [0, 0.1) is 0 Å². The van der Waals surface area contributed by atoms with Gasteiger partial charge >= 0.3 is 5.97 Å². The number of hydrogen-bond donors (Lipinski definition) is 1. The van der Waals surface area contributed by atoms with Crippen LogP contribution in [0.4, 0.5) is 0 Å². The molecule has 7 heteroatoms. The molecule has 1 N–H and O–H groups in total. The van der Waals surface area contributed by atoms with Gasteiger partial charge in [0.1, 0.15) is 30.3 Å². The van der Waals surface area contributed by atoms with E-state index in [0.717, 1.165) is 0 Å².